The van der Waals surface area contributed by atoms with E-state index in [2.05, 4.69) is 4.90 Å². The Hall–Kier alpha value is -1.88. The van der Waals surface area contributed by atoms with Crippen LogP contribution in [0.5, 0.6) is 0 Å². The molecule has 1 aromatic rings. The lowest BCUT2D eigenvalue weighted by atomic mass is 9.86. The molecule has 5 nitrogen and oxygen atoms in total. The number of methoxy groups -OCH3 is 1. The summed E-state index contributed by atoms with van der Waals surface area (Å²) in [5.74, 6) is -1.05. The average Bonchev–Trinajstić information content (AvgIpc) is 3.00. The average molecular weight is 289 g/mol. The highest BCUT2D eigenvalue weighted by Crippen LogP contribution is 2.43. The van der Waals surface area contributed by atoms with Crippen molar-refractivity contribution in [1.82, 2.24) is 4.90 Å². The van der Waals surface area contributed by atoms with Gasteiger partial charge >= 0.3 is 11.9 Å². The minimum atomic E-state index is -0.422. The number of carbonyl (C=O) groups excluding carboxylic acids is 2. The monoisotopic (exact) mass is 289 g/mol. The summed E-state index contributed by atoms with van der Waals surface area (Å²) in [6, 6.07) is 9.07. The number of carbonyl (C=O) groups is 2. The molecule has 112 valence electrons. The van der Waals surface area contributed by atoms with E-state index in [-0.39, 0.29) is 29.9 Å². The van der Waals surface area contributed by atoms with Gasteiger partial charge in [0.15, 0.2) is 0 Å². The van der Waals surface area contributed by atoms with Gasteiger partial charge in [0.25, 0.3) is 0 Å². The first-order valence-electron chi connectivity index (χ1n) is 7.19. The number of hydrogen-bond acceptors (Lipinski definition) is 5. The molecule has 0 N–H and O–H groups in total. The van der Waals surface area contributed by atoms with Gasteiger partial charge in [-0.3, -0.25) is 9.69 Å². The third-order valence-electron chi connectivity index (χ3n) is 4.68. The molecule has 2 fully saturated rings. The Bertz CT molecular complexity index is 544. The predicted molar refractivity (Wildman–Crippen MR) is 75.7 cm³/mol. The second-order valence-corrected chi connectivity index (χ2v) is 5.66. The van der Waals surface area contributed by atoms with Crippen molar-refractivity contribution in [3.05, 3.63) is 35.9 Å². The van der Waals surface area contributed by atoms with Crippen LogP contribution in [0, 0.1) is 5.92 Å². The Kier molecular flexibility index (Phi) is 3.68. The number of ether oxygens (including phenoxy) is 2. The Balaban J connectivity index is 1.80. The number of likely N-dealkylation sites (N-methyl/N-ethyl adjacent to an activating group) is 1. The van der Waals surface area contributed by atoms with Crippen molar-refractivity contribution < 1.29 is 19.1 Å². The first-order valence-corrected chi connectivity index (χ1v) is 7.19. The van der Waals surface area contributed by atoms with Gasteiger partial charge in [-0.2, -0.15) is 0 Å². The molecule has 0 saturated carbocycles. The zero-order valence-electron chi connectivity index (χ0n) is 12.2. The Morgan fingerprint density at radius 2 is 1.81 bits per heavy atom. The Morgan fingerprint density at radius 3 is 2.48 bits per heavy atom. The van der Waals surface area contributed by atoms with E-state index >= 15 is 0 Å². The summed E-state index contributed by atoms with van der Waals surface area (Å²) in [6.45, 7) is 0. The minimum Gasteiger partial charge on any atom is -0.469 e. The first kappa shape index (κ1) is 14.1. The molecule has 2 saturated heterocycles. The van der Waals surface area contributed by atoms with Gasteiger partial charge in [-0.1, -0.05) is 18.2 Å². The third kappa shape index (κ3) is 2.31. The number of fused-ring (bicyclic) bond motifs is 2. The highest BCUT2D eigenvalue weighted by atomic mass is 16.6. The van der Waals surface area contributed by atoms with Gasteiger partial charge in [-0.25, -0.2) is 4.79 Å². The summed E-state index contributed by atoms with van der Waals surface area (Å²) in [5.41, 5.74) is 0.506. The van der Waals surface area contributed by atoms with E-state index in [0.717, 1.165) is 12.8 Å². The number of benzene rings is 1. The van der Waals surface area contributed by atoms with E-state index in [9.17, 15) is 9.59 Å². The molecule has 2 heterocycles. The molecule has 2 bridgehead atoms. The van der Waals surface area contributed by atoms with Gasteiger partial charge in [0, 0.05) is 12.1 Å². The molecule has 3 unspecified atom stereocenters. The van der Waals surface area contributed by atoms with Crippen LogP contribution in [-0.2, 0) is 14.3 Å². The summed E-state index contributed by atoms with van der Waals surface area (Å²) in [7, 11) is 3.36. The Morgan fingerprint density at radius 1 is 1.14 bits per heavy atom. The van der Waals surface area contributed by atoms with Crippen LogP contribution in [0.1, 0.15) is 23.2 Å². The number of esters is 2. The van der Waals surface area contributed by atoms with Crippen molar-refractivity contribution in [3.8, 4) is 0 Å². The number of hydrogen-bond donors (Lipinski definition) is 0. The summed E-state index contributed by atoms with van der Waals surface area (Å²) >= 11 is 0. The number of rotatable bonds is 3. The van der Waals surface area contributed by atoms with E-state index in [0.29, 0.717) is 5.56 Å². The molecule has 5 heteroatoms. The fraction of sp³-hybridized carbons (Fsp3) is 0.500. The van der Waals surface area contributed by atoms with Crippen LogP contribution >= 0.6 is 0 Å². The largest absolute Gasteiger partial charge is 0.469 e. The normalized spacial score (nSPS) is 31.1. The molecule has 2 aliphatic rings. The third-order valence-corrected chi connectivity index (χ3v) is 4.68. The molecule has 0 amide bonds. The quantitative estimate of drug-likeness (QED) is 0.789. The van der Waals surface area contributed by atoms with Crippen molar-refractivity contribution in [2.24, 2.45) is 5.92 Å². The molecule has 1 aromatic carbocycles. The lowest BCUT2D eigenvalue weighted by Gasteiger charge is -2.27. The standard InChI is InChI=1S/C16H19NO4/c1-17-11-8-9-12(17)14(13(11)16(19)20-2)21-15(18)10-6-4-3-5-7-10/h3-7,11-14H,8-9H2,1-2H3/t11?,12-,13?,14?/m1/s1. The van der Waals surface area contributed by atoms with E-state index in [4.69, 9.17) is 9.47 Å². The maximum atomic E-state index is 12.2. The fourth-order valence-corrected chi connectivity index (χ4v) is 3.63. The second-order valence-electron chi connectivity index (χ2n) is 5.66. The van der Waals surface area contributed by atoms with Crippen LogP contribution in [0.4, 0.5) is 0 Å². The summed E-state index contributed by atoms with van der Waals surface area (Å²) in [6.07, 6.45) is 1.47. The molecule has 0 spiro atoms. The van der Waals surface area contributed by atoms with Gasteiger partial charge in [0.1, 0.15) is 12.0 Å². The topological polar surface area (TPSA) is 55.8 Å². The zero-order chi connectivity index (χ0) is 15.0. The van der Waals surface area contributed by atoms with Crippen LogP contribution in [0.3, 0.4) is 0 Å². The Labute approximate surface area is 123 Å². The SMILES string of the molecule is COC(=O)C1C(OC(=O)c2ccccc2)[C@H]2CCC1N2C. The highest BCUT2D eigenvalue weighted by Gasteiger charge is 2.57. The first-order chi connectivity index (χ1) is 10.1. The van der Waals surface area contributed by atoms with Crippen LogP contribution in [0.25, 0.3) is 0 Å². The van der Waals surface area contributed by atoms with E-state index in [1.807, 2.05) is 13.1 Å². The molecule has 4 atom stereocenters. The predicted octanol–water partition coefficient (Wildman–Crippen LogP) is 1.48. The van der Waals surface area contributed by atoms with Gasteiger partial charge in [0.2, 0.25) is 0 Å². The maximum Gasteiger partial charge on any atom is 0.338 e. The molecular weight excluding hydrogens is 270 g/mol. The van der Waals surface area contributed by atoms with Gasteiger partial charge in [0.05, 0.1) is 12.7 Å². The zero-order valence-corrected chi connectivity index (χ0v) is 12.2. The summed E-state index contributed by atoms with van der Waals surface area (Å²) < 4.78 is 10.6. The molecule has 21 heavy (non-hydrogen) atoms. The van der Waals surface area contributed by atoms with E-state index in [1.54, 1.807) is 24.3 Å². The van der Waals surface area contributed by atoms with Crippen molar-refractivity contribution in [3.63, 3.8) is 0 Å². The van der Waals surface area contributed by atoms with E-state index in [1.165, 1.54) is 7.11 Å². The smallest absolute Gasteiger partial charge is 0.338 e. The number of nitrogens with zero attached hydrogens (tertiary/aromatic N) is 1. The second kappa shape index (κ2) is 5.48. The lowest BCUT2D eigenvalue weighted by Crippen LogP contribution is -2.41. The summed E-state index contributed by atoms with van der Waals surface area (Å²) in [4.78, 5) is 26.4. The molecular formula is C16H19NO4. The molecule has 2 aliphatic heterocycles. The maximum absolute atomic E-state index is 12.2. The summed E-state index contributed by atoms with van der Waals surface area (Å²) in [5, 5.41) is 0. The fourth-order valence-electron chi connectivity index (χ4n) is 3.63. The van der Waals surface area contributed by atoms with Crippen molar-refractivity contribution in [2.75, 3.05) is 14.2 Å². The van der Waals surface area contributed by atoms with Gasteiger partial charge < -0.3 is 9.47 Å². The van der Waals surface area contributed by atoms with Crippen molar-refractivity contribution >= 4 is 11.9 Å². The van der Waals surface area contributed by atoms with Crippen molar-refractivity contribution in [1.29, 1.82) is 0 Å². The molecule has 3 rings (SSSR count). The van der Waals surface area contributed by atoms with Crippen LogP contribution in [-0.4, -0.2) is 49.2 Å². The molecule has 0 radical (unpaired) electrons. The highest BCUT2D eigenvalue weighted by molar-refractivity contribution is 5.89. The van der Waals surface area contributed by atoms with E-state index < -0.39 is 6.10 Å². The van der Waals surface area contributed by atoms with Gasteiger partial charge in [-0.15, -0.1) is 0 Å². The van der Waals surface area contributed by atoms with Crippen LogP contribution in [0.2, 0.25) is 0 Å². The van der Waals surface area contributed by atoms with Gasteiger partial charge in [-0.05, 0) is 32.0 Å². The van der Waals surface area contributed by atoms with Crippen molar-refractivity contribution in [2.45, 2.75) is 31.0 Å². The minimum absolute atomic E-state index is 0.103. The molecule has 0 aliphatic carbocycles. The van der Waals surface area contributed by atoms with Crippen LogP contribution < -0.4 is 0 Å². The molecule has 0 aromatic heterocycles. The lowest BCUT2D eigenvalue weighted by molar-refractivity contribution is -0.150. The van der Waals surface area contributed by atoms with Crippen LogP contribution in [0.15, 0.2) is 30.3 Å².